The van der Waals surface area contributed by atoms with Crippen LogP contribution in [0.15, 0.2) is 48.5 Å². The molecule has 0 bridgehead atoms. The lowest BCUT2D eigenvalue weighted by Gasteiger charge is -2.06. The monoisotopic (exact) mass is 313 g/mol. The summed E-state index contributed by atoms with van der Waals surface area (Å²) in [6, 6.07) is 10.9. The second kappa shape index (κ2) is 7.35. The maximum atomic E-state index is 13.8. The first kappa shape index (κ1) is 16.4. The van der Waals surface area contributed by atoms with E-state index in [9.17, 15) is 14.0 Å². The summed E-state index contributed by atoms with van der Waals surface area (Å²) < 4.78 is 18.8. The fourth-order valence-electron chi connectivity index (χ4n) is 2.06. The van der Waals surface area contributed by atoms with E-state index < -0.39 is 11.6 Å². The first-order chi connectivity index (χ1) is 11.1. The van der Waals surface area contributed by atoms with E-state index in [1.807, 2.05) is 0 Å². The molecule has 0 aromatic heterocycles. The highest BCUT2D eigenvalue weighted by atomic mass is 19.1. The number of amides is 1. The van der Waals surface area contributed by atoms with Crippen molar-refractivity contribution < 1.29 is 18.7 Å². The summed E-state index contributed by atoms with van der Waals surface area (Å²) in [4.78, 5) is 23.6. The molecule has 2 rings (SSSR count). The van der Waals surface area contributed by atoms with Crippen molar-refractivity contribution in [3.05, 3.63) is 71.0 Å². The fourth-order valence-corrected chi connectivity index (χ4v) is 2.06. The molecule has 0 fully saturated rings. The average molecular weight is 313 g/mol. The standard InChI is InChI=1S/C18H16FNO3/c1-20-18(22)13-9-6-12(7-10-13)8-11-15(21)17-14(19)4-3-5-16(17)23-2/h3-11H,1-2H3,(H,20,22)/b11-8+. The molecule has 0 atom stereocenters. The van der Waals surface area contributed by atoms with E-state index in [0.717, 1.165) is 5.56 Å². The van der Waals surface area contributed by atoms with Crippen LogP contribution in [0.25, 0.3) is 6.08 Å². The minimum Gasteiger partial charge on any atom is -0.496 e. The van der Waals surface area contributed by atoms with Gasteiger partial charge >= 0.3 is 0 Å². The van der Waals surface area contributed by atoms with Gasteiger partial charge in [0.2, 0.25) is 0 Å². The van der Waals surface area contributed by atoms with Crippen molar-refractivity contribution in [3.63, 3.8) is 0 Å². The zero-order chi connectivity index (χ0) is 16.8. The highest BCUT2D eigenvalue weighted by molar-refractivity contribution is 6.08. The number of benzene rings is 2. The van der Waals surface area contributed by atoms with Crippen molar-refractivity contribution in [1.82, 2.24) is 5.32 Å². The van der Waals surface area contributed by atoms with Crippen LogP contribution in [0.5, 0.6) is 5.75 Å². The van der Waals surface area contributed by atoms with Gasteiger partial charge in [-0.3, -0.25) is 9.59 Å². The Balaban J connectivity index is 2.20. The molecule has 23 heavy (non-hydrogen) atoms. The van der Waals surface area contributed by atoms with Gasteiger partial charge in [0.15, 0.2) is 5.78 Å². The Morgan fingerprint density at radius 3 is 2.43 bits per heavy atom. The molecular formula is C18H16FNO3. The van der Waals surface area contributed by atoms with Crippen molar-refractivity contribution in [2.24, 2.45) is 0 Å². The SMILES string of the molecule is CNC(=O)c1ccc(/C=C/C(=O)c2c(F)cccc2OC)cc1. The van der Waals surface area contributed by atoms with Gasteiger partial charge in [0, 0.05) is 12.6 Å². The molecule has 0 spiro atoms. The predicted molar refractivity (Wildman–Crippen MR) is 86.1 cm³/mol. The molecule has 2 aromatic carbocycles. The maximum Gasteiger partial charge on any atom is 0.251 e. The highest BCUT2D eigenvalue weighted by Crippen LogP contribution is 2.22. The Labute approximate surface area is 133 Å². The van der Waals surface area contributed by atoms with Crippen molar-refractivity contribution in [2.45, 2.75) is 0 Å². The van der Waals surface area contributed by atoms with Crippen molar-refractivity contribution in [3.8, 4) is 5.75 Å². The number of nitrogens with one attached hydrogen (secondary N) is 1. The number of hydrogen-bond donors (Lipinski definition) is 1. The number of allylic oxidation sites excluding steroid dienone is 1. The van der Waals surface area contributed by atoms with Gasteiger partial charge in [-0.15, -0.1) is 0 Å². The summed E-state index contributed by atoms with van der Waals surface area (Å²) in [5, 5.41) is 2.52. The van der Waals surface area contributed by atoms with Gasteiger partial charge in [0.1, 0.15) is 11.6 Å². The van der Waals surface area contributed by atoms with Crippen molar-refractivity contribution >= 4 is 17.8 Å². The van der Waals surface area contributed by atoms with Gasteiger partial charge in [-0.25, -0.2) is 4.39 Å². The molecule has 0 saturated carbocycles. The van der Waals surface area contributed by atoms with Crippen LogP contribution in [0.2, 0.25) is 0 Å². The second-order valence-corrected chi connectivity index (χ2v) is 4.72. The van der Waals surface area contributed by atoms with E-state index in [-0.39, 0.29) is 17.2 Å². The third kappa shape index (κ3) is 3.83. The summed E-state index contributed by atoms with van der Waals surface area (Å²) in [5.41, 5.74) is 1.14. The van der Waals surface area contributed by atoms with Gasteiger partial charge in [0.25, 0.3) is 5.91 Å². The molecular weight excluding hydrogens is 297 g/mol. The van der Waals surface area contributed by atoms with Crippen LogP contribution in [0.4, 0.5) is 4.39 Å². The number of halogens is 1. The number of hydrogen-bond acceptors (Lipinski definition) is 3. The summed E-state index contributed by atoms with van der Waals surface area (Å²) in [5.74, 6) is -1.12. The maximum absolute atomic E-state index is 13.8. The van der Waals surface area contributed by atoms with Crippen molar-refractivity contribution in [2.75, 3.05) is 14.2 Å². The zero-order valence-electron chi connectivity index (χ0n) is 12.8. The van der Waals surface area contributed by atoms with E-state index in [1.165, 1.54) is 31.4 Å². The van der Waals surface area contributed by atoms with Gasteiger partial charge in [0.05, 0.1) is 12.7 Å². The number of ether oxygens (including phenoxy) is 1. The molecule has 0 unspecified atom stereocenters. The lowest BCUT2D eigenvalue weighted by Crippen LogP contribution is -2.17. The molecule has 0 aliphatic rings. The molecule has 0 radical (unpaired) electrons. The van der Waals surface area contributed by atoms with Crippen LogP contribution in [0, 0.1) is 5.82 Å². The first-order valence-electron chi connectivity index (χ1n) is 6.94. The van der Waals surface area contributed by atoms with Crippen LogP contribution in [-0.2, 0) is 0 Å². The Morgan fingerprint density at radius 2 is 1.83 bits per heavy atom. The van der Waals surface area contributed by atoms with E-state index in [4.69, 9.17) is 4.74 Å². The Hall–Kier alpha value is -2.95. The van der Waals surface area contributed by atoms with Crippen molar-refractivity contribution in [1.29, 1.82) is 0 Å². The second-order valence-electron chi connectivity index (χ2n) is 4.72. The highest BCUT2D eigenvalue weighted by Gasteiger charge is 2.14. The first-order valence-corrected chi connectivity index (χ1v) is 6.94. The number of carbonyl (C=O) groups is 2. The third-order valence-electron chi connectivity index (χ3n) is 3.27. The lowest BCUT2D eigenvalue weighted by atomic mass is 10.1. The number of carbonyl (C=O) groups excluding carboxylic acids is 2. The van der Waals surface area contributed by atoms with Crippen LogP contribution in [-0.4, -0.2) is 25.8 Å². The summed E-state index contributed by atoms with van der Waals surface area (Å²) >= 11 is 0. The average Bonchev–Trinajstić information content (AvgIpc) is 2.59. The number of methoxy groups -OCH3 is 1. The Kier molecular flexibility index (Phi) is 5.25. The third-order valence-corrected chi connectivity index (χ3v) is 3.27. The predicted octanol–water partition coefficient (Wildman–Crippen LogP) is 3.09. The molecule has 0 saturated heterocycles. The molecule has 1 N–H and O–H groups in total. The van der Waals surface area contributed by atoms with E-state index in [1.54, 1.807) is 37.4 Å². The Morgan fingerprint density at radius 1 is 1.13 bits per heavy atom. The molecule has 0 aliphatic heterocycles. The molecule has 118 valence electrons. The smallest absolute Gasteiger partial charge is 0.251 e. The zero-order valence-corrected chi connectivity index (χ0v) is 12.8. The molecule has 4 nitrogen and oxygen atoms in total. The largest absolute Gasteiger partial charge is 0.496 e. The molecule has 1 amide bonds. The van der Waals surface area contributed by atoms with Gasteiger partial charge < -0.3 is 10.1 Å². The van der Waals surface area contributed by atoms with Crippen LogP contribution >= 0.6 is 0 Å². The van der Waals surface area contributed by atoms with Gasteiger partial charge in [-0.2, -0.15) is 0 Å². The summed E-state index contributed by atoms with van der Waals surface area (Å²) in [6.45, 7) is 0. The molecule has 0 aliphatic carbocycles. The minimum atomic E-state index is -0.631. The molecule has 2 aromatic rings. The van der Waals surface area contributed by atoms with E-state index in [0.29, 0.717) is 5.56 Å². The lowest BCUT2D eigenvalue weighted by molar-refractivity contribution is 0.0962. The van der Waals surface area contributed by atoms with E-state index >= 15 is 0 Å². The Bertz CT molecular complexity index is 751. The summed E-state index contributed by atoms with van der Waals surface area (Å²) in [6.07, 6.45) is 2.83. The normalized spacial score (nSPS) is 10.6. The fraction of sp³-hybridized carbons (Fsp3) is 0.111. The number of rotatable bonds is 5. The summed E-state index contributed by atoms with van der Waals surface area (Å²) in [7, 11) is 2.93. The van der Waals surface area contributed by atoms with Crippen LogP contribution < -0.4 is 10.1 Å². The number of ketones is 1. The molecule has 0 heterocycles. The topological polar surface area (TPSA) is 55.4 Å². The van der Waals surface area contributed by atoms with Crippen LogP contribution in [0.1, 0.15) is 26.3 Å². The van der Waals surface area contributed by atoms with E-state index in [2.05, 4.69) is 5.32 Å². The minimum absolute atomic E-state index is 0.103. The van der Waals surface area contributed by atoms with Crippen LogP contribution in [0.3, 0.4) is 0 Å². The van der Waals surface area contributed by atoms with Gasteiger partial charge in [-0.1, -0.05) is 24.3 Å². The molecule has 5 heteroatoms. The quantitative estimate of drug-likeness (QED) is 0.682. The van der Waals surface area contributed by atoms with Gasteiger partial charge in [-0.05, 0) is 35.9 Å².